The minimum atomic E-state index is -0.998. The second-order valence-corrected chi connectivity index (χ2v) is 4.49. The van der Waals surface area contributed by atoms with Gasteiger partial charge < -0.3 is 5.11 Å². The molecule has 0 aliphatic heterocycles. The fourth-order valence-corrected chi connectivity index (χ4v) is 2.28. The topological polar surface area (TPSA) is 72.2 Å². The number of carboxylic acid groups (broad SMARTS) is 1. The van der Waals surface area contributed by atoms with Crippen LogP contribution in [0.15, 0.2) is 40.6 Å². The van der Waals surface area contributed by atoms with Gasteiger partial charge in [0.1, 0.15) is 0 Å². The third-order valence-electron chi connectivity index (χ3n) is 2.26. The summed E-state index contributed by atoms with van der Waals surface area (Å²) >= 11 is 1.46. The Bertz CT molecular complexity index is 643. The molecule has 2 rings (SSSR count). The predicted octanol–water partition coefficient (Wildman–Crippen LogP) is 1.45. The van der Waals surface area contributed by atoms with Gasteiger partial charge in [0.25, 0.3) is 5.56 Å². The van der Waals surface area contributed by atoms with Crippen molar-refractivity contribution >= 4 is 23.4 Å². The van der Waals surface area contributed by atoms with Crippen molar-refractivity contribution in [1.82, 2.24) is 9.78 Å². The maximum absolute atomic E-state index is 11.5. The van der Waals surface area contributed by atoms with E-state index in [2.05, 4.69) is 5.10 Å². The summed E-state index contributed by atoms with van der Waals surface area (Å²) in [5, 5.41) is 14.4. The Morgan fingerprint density at radius 2 is 2.33 bits per heavy atom. The smallest absolute Gasteiger partial charge is 0.328 e. The van der Waals surface area contributed by atoms with Crippen LogP contribution in [0.3, 0.4) is 0 Å². The van der Waals surface area contributed by atoms with Crippen LogP contribution in [-0.4, -0.2) is 20.9 Å². The van der Waals surface area contributed by atoms with Gasteiger partial charge in [0, 0.05) is 23.2 Å². The fourth-order valence-electron chi connectivity index (χ4n) is 1.43. The molecule has 0 bridgehead atoms. The Balaban J connectivity index is 2.26. The highest BCUT2D eigenvalue weighted by Crippen LogP contribution is 2.18. The number of carbonyl (C=O) groups is 1. The highest BCUT2D eigenvalue weighted by atomic mass is 32.1. The Morgan fingerprint density at radius 3 is 3.06 bits per heavy atom. The van der Waals surface area contributed by atoms with Crippen molar-refractivity contribution in [3.8, 4) is 0 Å². The van der Waals surface area contributed by atoms with Crippen molar-refractivity contribution < 1.29 is 9.90 Å². The lowest BCUT2D eigenvalue weighted by molar-refractivity contribution is -0.131. The van der Waals surface area contributed by atoms with Crippen molar-refractivity contribution in [2.45, 2.75) is 6.54 Å². The molecule has 0 radical (unpaired) electrons. The van der Waals surface area contributed by atoms with E-state index in [1.807, 2.05) is 11.4 Å². The van der Waals surface area contributed by atoms with E-state index in [4.69, 9.17) is 5.11 Å². The number of aliphatic carboxylic acids is 1. The van der Waals surface area contributed by atoms with Gasteiger partial charge in [-0.2, -0.15) is 5.10 Å². The molecule has 0 spiro atoms. The van der Waals surface area contributed by atoms with Gasteiger partial charge in [0.05, 0.1) is 6.54 Å². The van der Waals surface area contributed by atoms with E-state index in [0.717, 1.165) is 16.5 Å². The molecule has 2 aromatic heterocycles. The molecule has 0 unspecified atom stereocenters. The Labute approximate surface area is 107 Å². The molecule has 0 fully saturated rings. The lowest BCUT2D eigenvalue weighted by atomic mass is 10.2. The SMILES string of the molecule is O=C(O)C=Cc1ccsc1Cn1ncccc1=O. The zero-order valence-corrected chi connectivity index (χ0v) is 10.1. The first-order chi connectivity index (χ1) is 8.66. The van der Waals surface area contributed by atoms with Crippen LogP contribution in [0.1, 0.15) is 10.4 Å². The van der Waals surface area contributed by atoms with E-state index in [1.54, 1.807) is 12.3 Å². The molecule has 0 aromatic carbocycles. The van der Waals surface area contributed by atoms with Gasteiger partial charge in [-0.3, -0.25) is 4.79 Å². The summed E-state index contributed by atoms with van der Waals surface area (Å²) in [4.78, 5) is 22.9. The second kappa shape index (κ2) is 5.42. The van der Waals surface area contributed by atoms with Crippen molar-refractivity contribution in [2.24, 2.45) is 0 Å². The minimum Gasteiger partial charge on any atom is -0.478 e. The largest absolute Gasteiger partial charge is 0.478 e. The van der Waals surface area contributed by atoms with Crippen molar-refractivity contribution in [1.29, 1.82) is 0 Å². The van der Waals surface area contributed by atoms with E-state index < -0.39 is 5.97 Å². The summed E-state index contributed by atoms with van der Waals surface area (Å²) < 4.78 is 1.34. The van der Waals surface area contributed by atoms with Crippen LogP contribution in [0, 0.1) is 0 Å². The Hall–Kier alpha value is -2.21. The lowest BCUT2D eigenvalue weighted by Crippen LogP contribution is -2.21. The van der Waals surface area contributed by atoms with Gasteiger partial charge in [-0.15, -0.1) is 11.3 Å². The van der Waals surface area contributed by atoms with Gasteiger partial charge in [0.2, 0.25) is 0 Å². The number of thiophene rings is 1. The molecule has 0 aliphatic carbocycles. The zero-order chi connectivity index (χ0) is 13.0. The average Bonchev–Trinajstić information content (AvgIpc) is 2.77. The molecule has 92 valence electrons. The molecule has 1 N–H and O–H groups in total. The van der Waals surface area contributed by atoms with E-state index in [0.29, 0.717) is 6.54 Å². The van der Waals surface area contributed by atoms with E-state index in [9.17, 15) is 9.59 Å². The van der Waals surface area contributed by atoms with Gasteiger partial charge in [-0.1, -0.05) is 0 Å². The summed E-state index contributed by atoms with van der Waals surface area (Å²) in [6.45, 7) is 0.344. The first-order valence-electron chi connectivity index (χ1n) is 5.16. The molecule has 6 heteroatoms. The number of rotatable bonds is 4. The molecule has 18 heavy (non-hydrogen) atoms. The van der Waals surface area contributed by atoms with Crippen LogP contribution in [0.4, 0.5) is 0 Å². The third-order valence-corrected chi connectivity index (χ3v) is 3.19. The summed E-state index contributed by atoms with van der Waals surface area (Å²) in [7, 11) is 0. The van der Waals surface area contributed by atoms with E-state index >= 15 is 0 Å². The Morgan fingerprint density at radius 1 is 1.50 bits per heavy atom. The van der Waals surface area contributed by atoms with E-state index in [1.165, 1.54) is 28.2 Å². The number of aromatic nitrogens is 2. The highest BCUT2D eigenvalue weighted by Gasteiger charge is 2.04. The Kier molecular flexibility index (Phi) is 3.69. The molecule has 2 heterocycles. The molecule has 0 amide bonds. The fraction of sp³-hybridized carbons (Fsp3) is 0.0833. The lowest BCUT2D eigenvalue weighted by Gasteiger charge is -2.02. The third kappa shape index (κ3) is 2.92. The molecular formula is C12H10N2O3S. The number of nitrogens with zero attached hydrogens (tertiary/aromatic N) is 2. The van der Waals surface area contributed by atoms with Crippen LogP contribution in [0.5, 0.6) is 0 Å². The molecule has 0 saturated carbocycles. The van der Waals surface area contributed by atoms with Gasteiger partial charge >= 0.3 is 5.97 Å². The number of carboxylic acids is 1. The summed E-state index contributed by atoms with van der Waals surface area (Å²) in [5.74, 6) is -0.998. The highest BCUT2D eigenvalue weighted by molar-refractivity contribution is 7.10. The van der Waals surface area contributed by atoms with Crippen molar-refractivity contribution in [3.05, 3.63) is 56.6 Å². The average molecular weight is 262 g/mol. The van der Waals surface area contributed by atoms with Gasteiger partial charge in [-0.05, 0) is 29.2 Å². The second-order valence-electron chi connectivity index (χ2n) is 3.49. The van der Waals surface area contributed by atoms with Crippen LogP contribution in [0.2, 0.25) is 0 Å². The first-order valence-corrected chi connectivity index (χ1v) is 6.04. The standard InChI is InChI=1S/C12H10N2O3S/c15-11-2-1-6-13-14(11)8-10-9(5-7-18-10)3-4-12(16)17/h1-7H,8H2,(H,16,17). The van der Waals surface area contributed by atoms with Crippen LogP contribution in [-0.2, 0) is 11.3 Å². The molecule has 0 aliphatic rings. The zero-order valence-electron chi connectivity index (χ0n) is 9.31. The quantitative estimate of drug-likeness (QED) is 0.846. The summed E-state index contributed by atoms with van der Waals surface area (Å²) in [6, 6.07) is 4.83. The van der Waals surface area contributed by atoms with Crippen LogP contribution in [0.25, 0.3) is 6.08 Å². The molecular weight excluding hydrogens is 252 g/mol. The first kappa shape index (κ1) is 12.3. The van der Waals surface area contributed by atoms with Crippen LogP contribution < -0.4 is 5.56 Å². The van der Waals surface area contributed by atoms with Gasteiger partial charge in [-0.25, -0.2) is 9.48 Å². The van der Waals surface area contributed by atoms with Crippen LogP contribution >= 0.6 is 11.3 Å². The maximum Gasteiger partial charge on any atom is 0.328 e. The van der Waals surface area contributed by atoms with Crippen molar-refractivity contribution in [3.63, 3.8) is 0 Å². The molecule has 0 atom stereocenters. The summed E-state index contributed by atoms with van der Waals surface area (Å²) in [5.41, 5.74) is 0.610. The van der Waals surface area contributed by atoms with Gasteiger partial charge in [0.15, 0.2) is 0 Å². The summed E-state index contributed by atoms with van der Waals surface area (Å²) in [6.07, 6.45) is 4.14. The molecule has 0 saturated heterocycles. The number of hydrogen-bond donors (Lipinski definition) is 1. The number of hydrogen-bond acceptors (Lipinski definition) is 4. The minimum absolute atomic E-state index is 0.181. The maximum atomic E-state index is 11.5. The normalized spacial score (nSPS) is 10.9. The molecule has 5 nitrogen and oxygen atoms in total. The van der Waals surface area contributed by atoms with E-state index in [-0.39, 0.29) is 5.56 Å². The van der Waals surface area contributed by atoms with Crippen molar-refractivity contribution in [2.75, 3.05) is 0 Å². The predicted molar refractivity (Wildman–Crippen MR) is 68.6 cm³/mol. The molecule has 2 aromatic rings. The monoisotopic (exact) mass is 262 g/mol.